The molecule has 18 heavy (non-hydrogen) atoms. The number of nitrogen functional groups attached to an aromatic ring is 1. The van der Waals surface area contributed by atoms with Gasteiger partial charge in [-0.05, 0) is 47.2 Å². The molecule has 0 unspecified atom stereocenters. The Balaban J connectivity index is 1.74. The van der Waals surface area contributed by atoms with E-state index in [0.717, 1.165) is 36.8 Å². The minimum atomic E-state index is 0.721. The third kappa shape index (κ3) is 2.53. The Morgan fingerprint density at radius 2 is 2.22 bits per heavy atom. The van der Waals surface area contributed by atoms with E-state index in [1.165, 1.54) is 16.0 Å². The summed E-state index contributed by atoms with van der Waals surface area (Å²) in [6.07, 6.45) is 1.16. The van der Waals surface area contributed by atoms with Crippen LogP contribution >= 0.6 is 22.9 Å². The summed E-state index contributed by atoms with van der Waals surface area (Å²) >= 11 is 7.91. The Morgan fingerprint density at radius 1 is 1.33 bits per heavy atom. The quantitative estimate of drug-likeness (QED) is 0.852. The van der Waals surface area contributed by atoms with E-state index in [0.29, 0.717) is 0 Å². The van der Waals surface area contributed by atoms with E-state index < -0.39 is 0 Å². The van der Waals surface area contributed by atoms with Crippen molar-refractivity contribution < 1.29 is 0 Å². The summed E-state index contributed by atoms with van der Waals surface area (Å²) in [5.74, 6) is 0. The molecular formula is C14H15ClN2S. The maximum atomic E-state index is 6.03. The van der Waals surface area contributed by atoms with Crippen LogP contribution in [-0.2, 0) is 19.5 Å². The monoisotopic (exact) mass is 278 g/mol. The standard InChI is InChI=1S/C14H15ClN2S/c15-12-5-10(6-13(16)7-12)8-17-3-1-14-11(9-17)2-4-18-14/h2,4-7H,1,3,8-9,16H2. The van der Waals surface area contributed by atoms with Crippen LogP contribution in [0.4, 0.5) is 5.69 Å². The fourth-order valence-electron chi connectivity index (χ4n) is 2.47. The first kappa shape index (κ1) is 12.0. The summed E-state index contributed by atoms with van der Waals surface area (Å²) < 4.78 is 0. The van der Waals surface area contributed by atoms with E-state index in [1.807, 2.05) is 23.5 Å². The molecule has 94 valence electrons. The van der Waals surface area contributed by atoms with E-state index in [4.69, 9.17) is 17.3 Å². The van der Waals surface area contributed by atoms with E-state index >= 15 is 0 Å². The van der Waals surface area contributed by atoms with Crippen LogP contribution < -0.4 is 5.73 Å². The van der Waals surface area contributed by atoms with Gasteiger partial charge in [0.15, 0.2) is 0 Å². The Hall–Kier alpha value is -1.03. The van der Waals surface area contributed by atoms with Crippen molar-refractivity contribution in [3.05, 3.63) is 50.7 Å². The number of thiophene rings is 1. The van der Waals surface area contributed by atoms with Crippen molar-refractivity contribution in [2.24, 2.45) is 0 Å². The van der Waals surface area contributed by atoms with Gasteiger partial charge in [0.25, 0.3) is 0 Å². The van der Waals surface area contributed by atoms with Gasteiger partial charge in [-0.25, -0.2) is 0 Å². The number of halogens is 1. The van der Waals surface area contributed by atoms with Crippen molar-refractivity contribution in [1.82, 2.24) is 4.90 Å². The lowest BCUT2D eigenvalue weighted by Crippen LogP contribution is -2.29. The van der Waals surface area contributed by atoms with Crippen molar-refractivity contribution in [2.45, 2.75) is 19.5 Å². The smallest absolute Gasteiger partial charge is 0.0429 e. The van der Waals surface area contributed by atoms with Crippen molar-refractivity contribution >= 4 is 28.6 Å². The van der Waals surface area contributed by atoms with Gasteiger partial charge in [0.1, 0.15) is 0 Å². The molecule has 0 saturated heterocycles. The van der Waals surface area contributed by atoms with Gasteiger partial charge in [-0.15, -0.1) is 11.3 Å². The Bertz CT molecular complexity index is 544. The first-order valence-electron chi connectivity index (χ1n) is 6.03. The highest BCUT2D eigenvalue weighted by atomic mass is 35.5. The molecule has 0 fully saturated rings. The summed E-state index contributed by atoms with van der Waals surface area (Å²) in [4.78, 5) is 3.98. The highest BCUT2D eigenvalue weighted by Crippen LogP contribution is 2.26. The van der Waals surface area contributed by atoms with E-state index in [9.17, 15) is 0 Å². The lowest BCUT2D eigenvalue weighted by Gasteiger charge is -2.26. The van der Waals surface area contributed by atoms with Gasteiger partial charge in [0, 0.05) is 35.2 Å². The predicted molar refractivity (Wildman–Crippen MR) is 78.0 cm³/mol. The SMILES string of the molecule is Nc1cc(Cl)cc(CN2CCc3sccc3C2)c1. The molecule has 2 aromatic rings. The number of fused-ring (bicyclic) bond motifs is 1. The first-order chi connectivity index (χ1) is 8.70. The van der Waals surface area contributed by atoms with Crippen LogP contribution in [0.15, 0.2) is 29.6 Å². The van der Waals surface area contributed by atoms with Gasteiger partial charge in [0.05, 0.1) is 0 Å². The van der Waals surface area contributed by atoms with Crippen LogP contribution in [0.3, 0.4) is 0 Å². The summed E-state index contributed by atoms with van der Waals surface area (Å²) in [5, 5.41) is 2.91. The van der Waals surface area contributed by atoms with E-state index in [2.05, 4.69) is 16.3 Å². The van der Waals surface area contributed by atoms with Crippen LogP contribution in [0.2, 0.25) is 5.02 Å². The van der Waals surface area contributed by atoms with Crippen LogP contribution in [0.5, 0.6) is 0 Å². The molecule has 1 aromatic carbocycles. The zero-order valence-electron chi connectivity index (χ0n) is 10.0. The fraction of sp³-hybridized carbons (Fsp3) is 0.286. The number of nitrogens with two attached hydrogens (primary N) is 1. The molecule has 0 radical (unpaired) electrons. The van der Waals surface area contributed by atoms with Gasteiger partial charge in [-0.3, -0.25) is 4.90 Å². The summed E-state index contributed by atoms with van der Waals surface area (Å²) in [6, 6.07) is 8.03. The molecule has 3 rings (SSSR count). The molecular weight excluding hydrogens is 264 g/mol. The minimum absolute atomic E-state index is 0.721. The molecule has 2 N–H and O–H groups in total. The highest BCUT2D eigenvalue weighted by Gasteiger charge is 2.17. The molecule has 2 nitrogen and oxygen atoms in total. The molecule has 0 spiro atoms. The zero-order chi connectivity index (χ0) is 12.5. The van der Waals surface area contributed by atoms with Crippen molar-refractivity contribution in [3.8, 4) is 0 Å². The van der Waals surface area contributed by atoms with Crippen molar-refractivity contribution in [2.75, 3.05) is 12.3 Å². The van der Waals surface area contributed by atoms with Gasteiger partial charge in [-0.2, -0.15) is 0 Å². The summed E-state index contributed by atoms with van der Waals surface area (Å²) in [5.41, 5.74) is 9.23. The highest BCUT2D eigenvalue weighted by molar-refractivity contribution is 7.10. The maximum Gasteiger partial charge on any atom is 0.0429 e. The predicted octanol–water partition coefficient (Wildman–Crippen LogP) is 3.54. The molecule has 4 heteroatoms. The Morgan fingerprint density at radius 3 is 3.06 bits per heavy atom. The van der Waals surface area contributed by atoms with Gasteiger partial charge >= 0.3 is 0 Å². The maximum absolute atomic E-state index is 6.03. The number of hydrogen-bond donors (Lipinski definition) is 1. The van der Waals surface area contributed by atoms with Crippen LogP contribution in [0.1, 0.15) is 16.0 Å². The zero-order valence-corrected chi connectivity index (χ0v) is 11.6. The largest absolute Gasteiger partial charge is 0.399 e. The third-order valence-electron chi connectivity index (χ3n) is 3.27. The molecule has 2 heterocycles. The number of benzene rings is 1. The normalized spacial score (nSPS) is 15.6. The summed E-state index contributed by atoms with van der Waals surface area (Å²) in [6.45, 7) is 3.06. The molecule has 1 aromatic heterocycles. The molecule has 0 atom stereocenters. The minimum Gasteiger partial charge on any atom is -0.399 e. The second-order valence-corrected chi connectivity index (χ2v) is 6.16. The number of hydrogen-bond acceptors (Lipinski definition) is 3. The van der Waals surface area contributed by atoms with Gasteiger partial charge < -0.3 is 5.73 Å². The third-order valence-corrected chi connectivity index (χ3v) is 4.51. The second-order valence-electron chi connectivity index (χ2n) is 4.72. The summed E-state index contributed by atoms with van der Waals surface area (Å²) in [7, 11) is 0. The van der Waals surface area contributed by atoms with Crippen LogP contribution in [0.25, 0.3) is 0 Å². The lowest BCUT2D eigenvalue weighted by atomic mass is 10.1. The lowest BCUT2D eigenvalue weighted by molar-refractivity contribution is 0.247. The molecule has 0 bridgehead atoms. The second kappa shape index (κ2) is 4.92. The van der Waals surface area contributed by atoms with E-state index in [-0.39, 0.29) is 0 Å². The Labute approximate surface area is 116 Å². The molecule has 0 amide bonds. The Kier molecular flexibility index (Phi) is 3.29. The molecule has 1 aliphatic heterocycles. The van der Waals surface area contributed by atoms with Gasteiger partial charge in [-0.1, -0.05) is 11.6 Å². The molecule has 1 aliphatic rings. The van der Waals surface area contributed by atoms with Crippen LogP contribution in [-0.4, -0.2) is 11.4 Å². The number of anilines is 1. The average Bonchev–Trinajstić information content (AvgIpc) is 2.74. The number of nitrogens with zero attached hydrogens (tertiary/aromatic N) is 1. The molecule has 0 aliphatic carbocycles. The van der Waals surface area contributed by atoms with Gasteiger partial charge in [0.2, 0.25) is 0 Å². The number of rotatable bonds is 2. The molecule has 0 saturated carbocycles. The fourth-order valence-corrected chi connectivity index (χ4v) is 3.62. The first-order valence-corrected chi connectivity index (χ1v) is 7.29. The topological polar surface area (TPSA) is 29.3 Å². The van der Waals surface area contributed by atoms with Crippen molar-refractivity contribution in [3.63, 3.8) is 0 Å². The average molecular weight is 279 g/mol. The van der Waals surface area contributed by atoms with E-state index in [1.54, 1.807) is 6.07 Å². The van der Waals surface area contributed by atoms with Crippen molar-refractivity contribution in [1.29, 1.82) is 0 Å². The van der Waals surface area contributed by atoms with Crippen LogP contribution in [0, 0.1) is 0 Å².